The van der Waals surface area contributed by atoms with Crippen molar-refractivity contribution in [1.29, 1.82) is 5.26 Å². The highest BCUT2D eigenvalue weighted by Crippen LogP contribution is 2.36. The monoisotopic (exact) mass is 310 g/mol. The summed E-state index contributed by atoms with van der Waals surface area (Å²) in [7, 11) is 1.09. The number of benzene rings is 1. The zero-order valence-electron chi connectivity index (χ0n) is 11.2. The van der Waals surface area contributed by atoms with Crippen molar-refractivity contribution < 1.29 is 22.7 Å². The Balaban J connectivity index is 2.73. The van der Waals surface area contributed by atoms with Crippen LogP contribution in [0.15, 0.2) is 24.7 Å². The molecule has 0 spiro atoms. The second-order valence-electron chi connectivity index (χ2n) is 4.22. The van der Waals surface area contributed by atoms with Gasteiger partial charge < -0.3 is 15.0 Å². The lowest BCUT2D eigenvalue weighted by molar-refractivity contribution is -0.137. The van der Waals surface area contributed by atoms with Crippen molar-refractivity contribution in [1.82, 2.24) is 9.55 Å². The number of nitrogens with two attached hydrogens (primary N) is 1. The highest BCUT2D eigenvalue weighted by atomic mass is 19.4. The van der Waals surface area contributed by atoms with E-state index in [0.29, 0.717) is 6.07 Å². The van der Waals surface area contributed by atoms with Crippen LogP contribution in [-0.2, 0) is 10.9 Å². The van der Waals surface area contributed by atoms with Gasteiger partial charge in [0.05, 0.1) is 23.9 Å². The minimum Gasteiger partial charge on any atom is -0.465 e. The first-order valence-corrected chi connectivity index (χ1v) is 5.81. The van der Waals surface area contributed by atoms with E-state index in [1.165, 1.54) is 0 Å². The molecule has 0 aliphatic carbocycles. The van der Waals surface area contributed by atoms with Gasteiger partial charge in [0, 0.05) is 11.9 Å². The Hall–Kier alpha value is -3.02. The molecular formula is C13H9F3N4O2. The molecule has 0 aliphatic heterocycles. The topological polar surface area (TPSA) is 93.9 Å². The van der Waals surface area contributed by atoms with Gasteiger partial charge in [0.15, 0.2) is 5.69 Å². The number of rotatable bonds is 2. The molecule has 0 saturated carbocycles. The van der Waals surface area contributed by atoms with Crippen molar-refractivity contribution in [2.45, 2.75) is 6.18 Å². The van der Waals surface area contributed by atoms with Crippen LogP contribution >= 0.6 is 0 Å². The summed E-state index contributed by atoms with van der Waals surface area (Å²) in [5.41, 5.74) is 3.43. The molecule has 114 valence electrons. The van der Waals surface area contributed by atoms with E-state index in [-0.39, 0.29) is 22.6 Å². The van der Waals surface area contributed by atoms with Crippen LogP contribution in [0.3, 0.4) is 0 Å². The van der Waals surface area contributed by atoms with Gasteiger partial charge in [-0.2, -0.15) is 18.4 Å². The van der Waals surface area contributed by atoms with E-state index in [2.05, 4.69) is 9.72 Å². The van der Waals surface area contributed by atoms with Gasteiger partial charge in [0.1, 0.15) is 12.4 Å². The second kappa shape index (κ2) is 5.40. The number of nitriles is 1. The number of nitrogens with zero attached hydrogens (tertiary/aromatic N) is 3. The molecule has 1 aromatic carbocycles. The number of esters is 1. The fraction of sp³-hybridized carbons (Fsp3) is 0.154. The molecule has 2 N–H and O–H groups in total. The Bertz CT molecular complexity index is 775. The number of ether oxygens (including phenoxy) is 1. The first kappa shape index (κ1) is 15.4. The molecule has 0 saturated heterocycles. The van der Waals surface area contributed by atoms with Crippen molar-refractivity contribution in [3.8, 4) is 11.8 Å². The van der Waals surface area contributed by atoms with E-state index in [1.807, 2.05) is 0 Å². The molecule has 2 aromatic rings. The van der Waals surface area contributed by atoms with E-state index < -0.39 is 17.7 Å². The minimum absolute atomic E-state index is 0.0652. The maximum absolute atomic E-state index is 13.1. The van der Waals surface area contributed by atoms with Gasteiger partial charge >= 0.3 is 12.1 Å². The maximum Gasteiger partial charge on any atom is 0.418 e. The molecule has 0 amide bonds. The van der Waals surface area contributed by atoms with Gasteiger partial charge in [0.25, 0.3) is 0 Å². The summed E-state index contributed by atoms with van der Waals surface area (Å²) in [5.74, 6) is -0.868. The third-order valence-corrected chi connectivity index (χ3v) is 2.85. The zero-order chi connectivity index (χ0) is 16.5. The SMILES string of the molecule is COC(=O)c1cc(-n2cnc(C#N)c2)c(C(F)(F)F)cc1N. The van der Waals surface area contributed by atoms with E-state index in [4.69, 9.17) is 11.0 Å². The van der Waals surface area contributed by atoms with Crippen LogP contribution in [-0.4, -0.2) is 22.6 Å². The largest absolute Gasteiger partial charge is 0.465 e. The summed E-state index contributed by atoms with van der Waals surface area (Å²) in [6.07, 6.45) is -2.54. The van der Waals surface area contributed by atoms with E-state index in [1.54, 1.807) is 6.07 Å². The third-order valence-electron chi connectivity index (χ3n) is 2.85. The molecule has 1 heterocycles. The van der Waals surface area contributed by atoms with Gasteiger partial charge in [0.2, 0.25) is 0 Å². The lowest BCUT2D eigenvalue weighted by atomic mass is 10.1. The van der Waals surface area contributed by atoms with Crippen molar-refractivity contribution in [2.24, 2.45) is 0 Å². The van der Waals surface area contributed by atoms with Gasteiger partial charge in [-0.25, -0.2) is 9.78 Å². The van der Waals surface area contributed by atoms with Gasteiger partial charge in [-0.3, -0.25) is 0 Å². The molecule has 0 unspecified atom stereocenters. The number of alkyl halides is 3. The predicted molar refractivity (Wildman–Crippen MR) is 69.0 cm³/mol. The number of methoxy groups -OCH3 is 1. The quantitative estimate of drug-likeness (QED) is 0.677. The Morgan fingerprint density at radius 3 is 2.64 bits per heavy atom. The number of aromatic nitrogens is 2. The number of imidazole rings is 1. The molecule has 0 radical (unpaired) electrons. The summed E-state index contributed by atoms with van der Waals surface area (Å²) in [6, 6.07) is 3.30. The molecular weight excluding hydrogens is 301 g/mol. The molecule has 1 aromatic heterocycles. The maximum atomic E-state index is 13.1. The molecule has 22 heavy (non-hydrogen) atoms. The van der Waals surface area contributed by atoms with Gasteiger partial charge in [-0.1, -0.05) is 0 Å². The minimum atomic E-state index is -4.70. The summed E-state index contributed by atoms with van der Waals surface area (Å²) in [4.78, 5) is 15.2. The number of halogens is 3. The van der Waals surface area contributed by atoms with Crippen molar-refractivity contribution in [3.63, 3.8) is 0 Å². The third kappa shape index (κ3) is 2.71. The Morgan fingerprint density at radius 2 is 2.14 bits per heavy atom. The van der Waals surface area contributed by atoms with Crippen LogP contribution in [0.1, 0.15) is 21.6 Å². The van der Waals surface area contributed by atoms with E-state index in [9.17, 15) is 18.0 Å². The molecule has 6 nitrogen and oxygen atoms in total. The Kier molecular flexibility index (Phi) is 3.77. The van der Waals surface area contributed by atoms with Crippen LogP contribution in [0.5, 0.6) is 0 Å². The highest BCUT2D eigenvalue weighted by Gasteiger charge is 2.35. The Labute approximate surface area is 122 Å². The summed E-state index contributed by atoms with van der Waals surface area (Å²) in [6.45, 7) is 0. The molecule has 0 bridgehead atoms. The van der Waals surface area contributed by atoms with Crippen LogP contribution in [0, 0.1) is 11.3 Å². The fourth-order valence-electron chi connectivity index (χ4n) is 1.84. The molecule has 0 atom stereocenters. The van der Waals surface area contributed by atoms with E-state index >= 15 is 0 Å². The average Bonchev–Trinajstić information content (AvgIpc) is 2.94. The summed E-state index contributed by atoms with van der Waals surface area (Å²) < 4.78 is 44.9. The number of hydrogen-bond acceptors (Lipinski definition) is 5. The number of nitrogen functional groups attached to an aromatic ring is 1. The lowest BCUT2D eigenvalue weighted by Crippen LogP contribution is -2.14. The van der Waals surface area contributed by atoms with Crippen molar-refractivity contribution >= 4 is 11.7 Å². The lowest BCUT2D eigenvalue weighted by Gasteiger charge is -2.16. The smallest absolute Gasteiger partial charge is 0.418 e. The first-order chi connectivity index (χ1) is 10.3. The first-order valence-electron chi connectivity index (χ1n) is 5.81. The highest BCUT2D eigenvalue weighted by molar-refractivity contribution is 5.96. The normalized spacial score (nSPS) is 11.0. The molecule has 9 heteroatoms. The standard InChI is InChI=1S/C13H9F3N4O2/c1-22-12(21)8-2-11(20-5-7(4-17)19-6-20)9(3-10(8)18)13(14,15)16/h2-3,5-6H,18H2,1H3. The zero-order valence-corrected chi connectivity index (χ0v) is 11.2. The number of carbonyl (C=O) groups is 1. The molecule has 0 fully saturated rings. The van der Waals surface area contributed by atoms with Crippen molar-refractivity contribution in [3.05, 3.63) is 41.5 Å². The predicted octanol–water partition coefficient (Wildman–Crippen LogP) is 2.13. The molecule has 0 aliphatic rings. The van der Waals surface area contributed by atoms with Gasteiger partial charge in [-0.05, 0) is 12.1 Å². The van der Waals surface area contributed by atoms with Crippen LogP contribution in [0.25, 0.3) is 5.69 Å². The van der Waals surface area contributed by atoms with Gasteiger partial charge in [-0.15, -0.1) is 0 Å². The van der Waals surface area contributed by atoms with Crippen LogP contribution < -0.4 is 5.73 Å². The van der Waals surface area contributed by atoms with Crippen LogP contribution in [0.2, 0.25) is 0 Å². The Morgan fingerprint density at radius 1 is 1.45 bits per heavy atom. The van der Waals surface area contributed by atoms with E-state index in [0.717, 1.165) is 30.3 Å². The van der Waals surface area contributed by atoms with Crippen LogP contribution in [0.4, 0.5) is 18.9 Å². The fourth-order valence-corrected chi connectivity index (χ4v) is 1.84. The number of anilines is 1. The second-order valence-corrected chi connectivity index (χ2v) is 4.22. The number of carbonyl (C=O) groups excluding carboxylic acids is 1. The number of hydrogen-bond donors (Lipinski definition) is 1. The average molecular weight is 310 g/mol. The summed E-state index contributed by atoms with van der Waals surface area (Å²) >= 11 is 0. The molecule has 2 rings (SSSR count). The summed E-state index contributed by atoms with van der Waals surface area (Å²) in [5, 5.41) is 8.71. The van der Waals surface area contributed by atoms with Crippen molar-refractivity contribution in [2.75, 3.05) is 12.8 Å².